The van der Waals surface area contributed by atoms with E-state index >= 15 is 0 Å². The second kappa shape index (κ2) is 3.10. The van der Waals surface area contributed by atoms with Gasteiger partial charge in [-0.05, 0) is 12.1 Å². The van der Waals surface area contributed by atoms with Crippen LogP contribution >= 0.6 is 0 Å². The van der Waals surface area contributed by atoms with E-state index in [0.29, 0.717) is 0 Å². The van der Waals surface area contributed by atoms with Crippen molar-refractivity contribution in [3.63, 3.8) is 0 Å². The molecule has 0 unspecified atom stereocenters. The Balaban J connectivity index is 3.30. The minimum atomic E-state index is -4.00. The zero-order valence-electron chi connectivity index (χ0n) is 5.97. The van der Waals surface area contributed by atoms with Crippen LogP contribution in [0.5, 0.6) is 5.75 Å². The summed E-state index contributed by atoms with van der Waals surface area (Å²) in [5.41, 5.74) is 0. The number of benzene rings is 1. The fourth-order valence-electron chi connectivity index (χ4n) is 0.720. The Kier molecular flexibility index (Phi) is 2.32. The molecule has 0 aliphatic rings. The lowest BCUT2D eigenvalue weighted by molar-refractivity contribution is 0.329. The van der Waals surface area contributed by atoms with Gasteiger partial charge in [0, 0.05) is 0 Å². The molecule has 0 aromatic heterocycles. The highest BCUT2D eigenvalue weighted by Crippen LogP contribution is 2.21. The van der Waals surface area contributed by atoms with Crippen molar-refractivity contribution < 1.29 is 17.8 Å². The van der Waals surface area contributed by atoms with Crippen molar-refractivity contribution in [3.05, 3.63) is 24.3 Å². The van der Waals surface area contributed by atoms with Crippen LogP contribution in [-0.4, -0.2) is 13.5 Å². The van der Waals surface area contributed by atoms with Gasteiger partial charge in [0.1, 0.15) is 10.6 Å². The van der Waals surface area contributed by atoms with Crippen LogP contribution in [0.2, 0.25) is 0 Å². The van der Waals surface area contributed by atoms with E-state index in [1.165, 1.54) is 24.3 Å². The molecule has 0 atom stereocenters. The molecule has 12 heavy (non-hydrogen) atoms. The first-order chi connectivity index (χ1) is 5.58. The van der Waals surface area contributed by atoms with E-state index in [9.17, 15) is 8.42 Å². The van der Waals surface area contributed by atoms with Gasteiger partial charge in [0.15, 0.2) is 0 Å². The SMILES string of the molecule is NOS(=O)(=O)c1ccccc1O. The lowest BCUT2D eigenvalue weighted by Gasteiger charge is -2.01. The zero-order valence-corrected chi connectivity index (χ0v) is 6.78. The van der Waals surface area contributed by atoms with Gasteiger partial charge in [0.2, 0.25) is 0 Å². The molecule has 6 heteroatoms. The first kappa shape index (κ1) is 8.98. The van der Waals surface area contributed by atoms with E-state index in [4.69, 9.17) is 5.11 Å². The molecule has 5 nitrogen and oxygen atoms in total. The zero-order chi connectivity index (χ0) is 9.19. The summed E-state index contributed by atoms with van der Waals surface area (Å²) in [6, 6.07) is 5.36. The number of hydrogen-bond acceptors (Lipinski definition) is 5. The molecule has 0 amide bonds. The van der Waals surface area contributed by atoms with Crippen LogP contribution in [0.1, 0.15) is 0 Å². The largest absolute Gasteiger partial charge is 0.506 e. The molecule has 66 valence electrons. The van der Waals surface area contributed by atoms with Gasteiger partial charge in [-0.15, -0.1) is 0 Å². The maximum absolute atomic E-state index is 10.9. The minimum Gasteiger partial charge on any atom is -0.506 e. The van der Waals surface area contributed by atoms with E-state index < -0.39 is 10.1 Å². The Morgan fingerprint density at radius 3 is 2.42 bits per heavy atom. The van der Waals surface area contributed by atoms with E-state index in [1.807, 2.05) is 0 Å². The summed E-state index contributed by atoms with van der Waals surface area (Å²) >= 11 is 0. The maximum atomic E-state index is 10.9. The predicted molar refractivity (Wildman–Crippen MR) is 40.6 cm³/mol. The van der Waals surface area contributed by atoms with E-state index in [1.54, 1.807) is 0 Å². The standard InChI is InChI=1S/C6H7NO4S/c7-11-12(9,10)6-4-2-1-3-5(6)8/h1-4,8H,7H2. The van der Waals surface area contributed by atoms with Crippen molar-refractivity contribution in [2.24, 2.45) is 5.90 Å². The molecule has 0 spiro atoms. The van der Waals surface area contributed by atoms with Gasteiger partial charge in [-0.1, -0.05) is 12.1 Å². The Morgan fingerprint density at radius 2 is 1.92 bits per heavy atom. The third kappa shape index (κ3) is 1.55. The summed E-state index contributed by atoms with van der Waals surface area (Å²) < 4.78 is 25.5. The first-order valence-corrected chi connectivity index (χ1v) is 4.40. The minimum absolute atomic E-state index is 0.340. The van der Waals surface area contributed by atoms with Crippen molar-refractivity contribution in [3.8, 4) is 5.75 Å². The first-order valence-electron chi connectivity index (χ1n) is 2.99. The summed E-state index contributed by atoms with van der Waals surface area (Å²) in [5.74, 6) is 4.12. The molecule has 0 aliphatic carbocycles. The number of hydrogen-bond donors (Lipinski definition) is 2. The molecule has 1 rings (SSSR count). The van der Waals surface area contributed by atoms with Crippen molar-refractivity contribution in [1.82, 2.24) is 0 Å². The molecule has 1 aromatic carbocycles. The Hall–Kier alpha value is -1.11. The average Bonchev–Trinajstić information content (AvgIpc) is 2.05. The maximum Gasteiger partial charge on any atom is 0.316 e. The van der Waals surface area contributed by atoms with Crippen molar-refractivity contribution in [2.75, 3.05) is 0 Å². The third-order valence-corrected chi connectivity index (χ3v) is 2.40. The molecule has 3 N–H and O–H groups in total. The molecule has 0 saturated carbocycles. The normalized spacial score (nSPS) is 11.4. The van der Waals surface area contributed by atoms with Crippen LogP contribution in [0.4, 0.5) is 0 Å². The second-order valence-electron chi connectivity index (χ2n) is 2.02. The van der Waals surface area contributed by atoms with E-state index in [0.717, 1.165) is 0 Å². The van der Waals surface area contributed by atoms with Gasteiger partial charge in [-0.3, -0.25) is 0 Å². The Labute approximate surface area is 69.5 Å². The highest BCUT2D eigenvalue weighted by Gasteiger charge is 2.17. The Bertz CT molecular complexity index is 373. The topological polar surface area (TPSA) is 89.6 Å². The summed E-state index contributed by atoms with van der Waals surface area (Å²) in [6.07, 6.45) is 0. The van der Waals surface area contributed by atoms with Gasteiger partial charge < -0.3 is 5.11 Å². The summed E-state index contributed by atoms with van der Waals surface area (Å²) in [5, 5.41) is 9.06. The highest BCUT2D eigenvalue weighted by molar-refractivity contribution is 7.86. The lowest BCUT2D eigenvalue weighted by atomic mass is 10.3. The molecule has 0 saturated heterocycles. The summed E-state index contributed by atoms with van der Waals surface area (Å²) in [6.45, 7) is 0. The molecule has 0 fully saturated rings. The van der Waals surface area contributed by atoms with Gasteiger partial charge in [-0.2, -0.15) is 18.6 Å². The monoisotopic (exact) mass is 189 g/mol. The molecule has 0 radical (unpaired) electrons. The van der Waals surface area contributed by atoms with Gasteiger partial charge in [0.25, 0.3) is 0 Å². The summed E-state index contributed by atoms with van der Waals surface area (Å²) in [7, 11) is -4.00. The fourth-order valence-corrected chi connectivity index (χ4v) is 1.39. The van der Waals surface area contributed by atoms with Crippen molar-refractivity contribution in [1.29, 1.82) is 0 Å². The molecule has 1 aromatic rings. The van der Waals surface area contributed by atoms with Crippen LogP contribution in [0.25, 0.3) is 0 Å². The number of phenols is 1. The van der Waals surface area contributed by atoms with E-state index in [-0.39, 0.29) is 10.6 Å². The molecule has 0 heterocycles. The average molecular weight is 189 g/mol. The Morgan fingerprint density at radius 1 is 1.33 bits per heavy atom. The summed E-state index contributed by atoms with van der Waals surface area (Å²) in [4.78, 5) is -0.340. The highest BCUT2D eigenvalue weighted by atomic mass is 32.2. The fraction of sp³-hybridized carbons (Fsp3) is 0. The van der Waals surface area contributed by atoms with Crippen molar-refractivity contribution in [2.45, 2.75) is 4.90 Å². The molecule has 0 aliphatic heterocycles. The lowest BCUT2D eigenvalue weighted by Crippen LogP contribution is -2.11. The van der Waals surface area contributed by atoms with Crippen LogP contribution in [0.3, 0.4) is 0 Å². The van der Waals surface area contributed by atoms with Crippen molar-refractivity contribution >= 4 is 10.1 Å². The van der Waals surface area contributed by atoms with Gasteiger partial charge in [0.05, 0.1) is 0 Å². The van der Waals surface area contributed by atoms with Crippen LogP contribution < -0.4 is 5.90 Å². The predicted octanol–water partition coefficient (Wildman–Crippen LogP) is -0.0288. The van der Waals surface area contributed by atoms with E-state index in [2.05, 4.69) is 10.2 Å². The van der Waals surface area contributed by atoms with Crippen LogP contribution in [0.15, 0.2) is 29.2 Å². The number of rotatable bonds is 2. The van der Waals surface area contributed by atoms with Gasteiger partial charge >= 0.3 is 10.1 Å². The van der Waals surface area contributed by atoms with Crippen LogP contribution in [-0.2, 0) is 14.4 Å². The number of aromatic hydroxyl groups is 1. The number of para-hydroxylation sites is 1. The number of nitrogens with two attached hydrogens (primary N) is 1. The molecular weight excluding hydrogens is 182 g/mol. The van der Waals surface area contributed by atoms with Gasteiger partial charge in [-0.25, -0.2) is 0 Å². The molecular formula is C6H7NO4S. The smallest absolute Gasteiger partial charge is 0.316 e. The quantitative estimate of drug-likeness (QED) is 0.638. The van der Waals surface area contributed by atoms with Crippen LogP contribution in [0, 0.1) is 0 Å². The second-order valence-corrected chi connectivity index (χ2v) is 3.56. The molecule has 0 bridgehead atoms. The third-order valence-electron chi connectivity index (χ3n) is 1.26. The number of phenolic OH excluding ortho intramolecular Hbond substituents is 1.